The van der Waals surface area contributed by atoms with Gasteiger partial charge in [-0.2, -0.15) is 0 Å². The molecule has 0 saturated carbocycles. The van der Waals surface area contributed by atoms with E-state index in [4.69, 9.17) is 18.0 Å². The summed E-state index contributed by atoms with van der Waals surface area (Å²) in [4.78, 5) is 73.8. The average molecular weight is 679 g/mol. The van der Waals surface area contributed by atoms with Crippen LogP contribution in [0.2, 0.25) is 0 Å². The number of aromatic nitrogens is 4. The van der Waals surface area contributed by atoms with Crippen molar-refractivity contribution < 1.29 is 29.4 Å². The molecule has 2 aliphatic rings. The Morgan fingerprint density at radius 3 is 2.63 bits per heavy atom. The Morgan fingerprint density at radius 2 is 1.93 bits per heavy atom. The highest BCUT2D eigenvalue weighted by Gasteiger charge is 2.55. The number of β-lactam (4-membered cyclic amide) rings is 1. The average Bonchev–Trinajstić information content (AvgIpc) is 3.55. The van der Waals surface area contributed by atoms with Gasteiger partial charge in [-0.05, 0) is 29.8 Å². The molecule has 15 nitrogen and oxygen atoms in total. The summed E-state index contributed by atoms with van der Waals surface area (Å²) in [6.45, 7) is -0.359. The van der Waals surface area contributed by atoms with Gasteiger partial charge >= 0.3 is 5.97 Å². The number of hydrogen-bond donors (Lipinski definition) is 6. The summed E-state index contributed by atoms with van der Waals surface area (Å²) in [5.74, 6) is -3.65. The van der Waals surface area contributed by atoms with Crippen LogP contribution >= 0.6 is 35.3 Å². The number of carbonyl (C=O) groups excluding carboxylic acids is 3. The number of aliphatic hydroxyl groups is 1. The van der Waals surface area contributed by atoms with Crippen molar-refractivity contribution in [2.75, 3.05) is 11.5 Å². The summed E-state index contributed by atoms with van der Waals surface area (Å²) in [5.41, 5.74) is 5.91. The van der Waals surface area contributed by atoms with Gasteiger partial charge < -0.3 is 31.6 Å². The van der Waals surface area contributed by atoms with Crippen molar-refractivity contribution in [1.29, 1.82) is 0 Å². The third kappa shape index (κ3) is 5.51. The van der Waals surface area contributed by atoms with Crippen molar-refractivity contribution in [2.45, 2.75) is 24.1 Å². The number of nitrogens with two attached hydrogens (primary N) is 1. The number of rotatable bonds is 9. The molecule has 1 saturated heterocycles. The zero-order chi connectivity index (χ0) is 32.7. The monoisotopic (exact) mass is 678 g/mol. The molecule has 2 unspecified atom stereocenters. The summed E-state index contributed by atoms with van der Waals surface area (Å²) in [6.07, 6.45) is 2.64. The van der Waals surface area contributed by atoms with E-state index >= 15 is 0 Å². The zero-order valence-electron chi connectivity index (χ0n) is 23.3. The number of fused-ring (bicyclic) bond motifs is 2. The Labute approximate surface area is 271 Å². The minimum atomic E-state index is -1.39. The number of carboxylic acid groups (broad SMARTS) is 1. The fraction of sp³-hybridized carbons (Fsp3) is 0.179. The van der Waals surface area contributed by atoms with Crippen molar-refractivity contribution >= 4 is 80.6 Å². The number of hydrogen-bond acceptors (Lipinski definition) is 13. The van der Waals surface area contributed by atoms with Gasteiger partial charge in [-0.25, -0.2) is 4.79 Å². The Kier molecular flexibility index (Phi) is 8.34. The minimum Gasteiger partial charge on any atom is -0.477 e. The van der Waals surface area contributed by atoms with Crippen LogP contribution in [0.1, 0.15) is 32.0 Å². The van der Waals surface area contributed by atoms with Gasteiger partial charge in [0.15, 0.2) is 5.01 Å². The van der Waals surface area contributed by atoms with E-state index < -0.39 is 46.6 Å². The second kappa shape index (κ2) is 12.4. The van der Waals surface area contributed by atoms with E-state index in [0.29, 0.717) is 21.8 Å². The number of thioether (sulfide) groups is 1. The zero-order valence-corrected chi connectivity index (χ0v) is 25.7. The summed E-state index contributed by atoms with van der Waals surface area (Å²) < 4.78 is 0. The van der Waals surface area contributed by atoms with Crippen LogP contribution in [-0.2, 0) is 21.0 Å². The van der Waals surface area contributed by atoms with Crippen molar-refractivity contribution in [3.8, 4) is 0 Å². The molecule has 18 heteroatoms. The molecule has 3 amide bonds. The number of aliphatic hydroxyl groups excluding tert-OH is 1. The quantitative estimate of drug-likeness (QED) is 0.0613. The largest absolute Gasteiger partial charge is 0.477 e. The lowest BCUT2D eigenvalue weighted by Crippen LogP contribution is -2.71. The van der Waals surface area contributed by atoms with Gasteiger partial charge in [-0.3, -0.25) is 29.1 Å². The molecule has 7 N–H and O–H groups in total. The van der Waals surface area contributed by atoms with Crippen LogP contribution in [-0.4, -0.2) is 81.0 Å². The maximum Gasteiger partial charge on any atom is 0.353 e. The highest BCUT2D eigenvalue weighted by molar-refractivity contribution is 8.00. The first-order chi connectivity index (χ1) is 22.1. The summed E-state index contributed by atoms with van der Waals surface area (Å²) in [6, 6.07) is 6.85. The molecular formula is C28H22N8O7S3. The minimum absolute atomic E-state index is 0.0409. The van der Waals surface area contributed by atoms with Crippen LogP contribution in [0.15, 0.2) is 64.9 Å². The number of nitrogen functional groups attached to an aromatic ring is 1. The number of nitrogens with zero attached hydrogens (tertiary/aromatic N) is 4. The summed E-state index contributed by atoms with van der Waals surface area (Å²) in [5, 5.41) is 32.0. The molecular weight excluding hydrogens is 657 g/mol. The van der Waals surface area contributed by atoms with Gasteiger partial charge in [0, 0.05) is 29.4 Å². The molecule has 3 aromatic heterocycles. The number of amides is 3. The van der Waals surface area contributed by atoms with E-state index in [2.05, 4.69) is 30.8 Å². The van der Waals surface area contributed by atoms with Gasteiger partial charge in [0.1, 0.15) is 39.2 Å². The molecule has 0 aliphatic carbocycles. The van der Waals surface area contributed by atoms with Crippen LogP contribution in [0.25, 0.3) is 11.0 Å². The SMILES string of the molecule is Nc1ccc(C(NC(=O)c2c[nH]c3cccnc3c2=O)C(=O)NC2C(=O)N3C(C(=O)O)=C(C(=S)c4nnc(CO)s4)CS[C@@H]23)cc1. The third-order valence-electron chi connectivity index (χ3n) is 7.23. The molecule has 0 radical (unpaired) electrons. The molecule has 1 aromatic carbocycles. The standard InChI is InChI=1S/C28H22N8O7S3/c29-12-5-3-11(4-6-12)17(32-23(39)13-8-31-15-2-1-7-30-18(15)21(13)38)24(40)33-19-26(41)36-20(28(42)43)14(10-45-27(19)36)22(44)25-35-34-16(9-37)46-25/h1-8,17,19,27,37H,9-10,29H2,(H,31,38)(H,32,39)(H,33,40)(H,42,43)/t17?,19?,27-/m0/s1. The molecule has 6 rings (SSSR count). The van der Waals surface area contributed by atoms with Crippen molar-refractivity contribution in [3.63, 3.8) is 0 Å². The Bertz CT molecular complexity index is 2030. The first-order valence-corrected chi connectivity index (χ1v) is 15.7. The number of H-pyrrole nitrogens is 1. The Morgan fingerprint density at radius 1 is 1.17 bits per heavy atom. The topological polar surface area (TPSA) is 234 Å². The van der Waals surface area contributed by atoms with Crippen molar-refractivity contribution in [1.82, 2.24) is 35.7 Å². The van der Waals surface area contributed by atoms with Gasteiger partial charge in [-0.1, -0.05) is 35.7 Å². The van der Waals surface area contributed by atoms with Crippen LogP contribution in [0, 0.1) is 0 Å². The number of benzene rings is 1. The van der Waals surface area contributed by atoms with E-state index in [-0.39, 0.29) is 44.6 Å². The number of carbonyl (C=O) groups is 4. The molecule has 234 valence electrons. The van der Waals surface area contributed by atoms with Crippen molar-refractivity contribution in [3.05, 3.63) is 91.4 Å². The first-order valence-electron chi connectivity index (χ1n) is 13.4. The number of nitrogens with one attached hydrogen (secondary N) is 3. The number of aromatic amines is 1. The van der Waals surface area contributed by atoms with E-state index in [9.17, 15) is 34.2 Å². The molecule has 5 heterocycles. The number of thiocarbonyl (C=S) groups is 1. The van der Waals surface area contributed by atoms with E-state index in [0.717, 1.165) is 16.2 Å². The molecule has 4 aromatic rings. The molecule has 0 bridgehead atoms. The summed E-state index contributed by atoms with van der Waals surface area (Å²) in [7, 11) is 0. The van der Waals surface area contributed by atoms with Crippen LogP contribution in [0.5, 0.6) is 0 Å². The second-order valence-corrected chi connectivity index (χ2v) is 12.6. The lowest BCUT2D eigenvalue weighted by atomic mass is 9.99. The van der Waals surface area contributed by atoms with E-state index in [1.807, 2.05) is 0 Å². The molecule has 46 heavy (non-hydrogen) atoms. The Hall–Kier alpha value is -5.04. The number of pyridine rings is 2. The fourth-order valence-corrected chi connectivity index (χ4v) is 7.43. The van der Waals surface area contributed by atoms with Crippen LogP contribution in [0.3, 0.4) is 0 Å². The van der Waals surface area contributed by atoms with Crippen molar-refractivity contribution in [2.24, 2.45) is 0 Å². The predicted octanol–water partition coefficient (Wildman–Crippen LogP) is 0.477. The highest BCUT2D eigenvalue weighted by Crippen LogP contribution is 2.41. The lowest BCUT2D eigenvalue weighted by molar-refractivity contribution is -0.150. The summed E-state index contributed by atoms with van der Waals surface area (Å²) >= 11 is 7.67. The normalized spacial score (nSPS) is 18.0. The van der Waals surface area contributed by atoms with Gasteiger partial charge in [0.05, 0.1) is 17.0 Å². The highest BCUT2D eigenvalue weighted by atomic mass is 32.2. The first kappa shape index (κ1) is 31.0. The molecule has 2 aliphatic heterocycles. The van der Waals surface area contributed by atoms with Crippen LogP contribution < -0.4 is 21.8 Å². The molecule has 0 spiro atoms. The second-order valence-electron chi connectivity index (χ2n) is 10.0. The number of aliphatic carboxylic acids is 1. The molecule has 1 fully saturated rings. The maximum absolute atomic E-state index is 13.7. The Balaban J connectivity index is 1.25. The third-order valence-corrected chi connectivity index (χ3v) is 10.0. The predicted molar refractivity (Wildman–Crippen MR) is 171 cm³/mol. The maximum atomic E-state index is 13.7. The lowest BCUT2D eigenvalue weighted by Gasteiger charge is -2.49. The van der Waals surface area contributed by atoms with Gasteiger partial charge in [-0.15, -0.1) is 22.0 Å². The smallest absolute Gasteiger partial charge is 0.353 e. The van der Waals surface area contributed by atoms with Gasteiger partial charge in [0.2, 0.25) is 11.3 Å². The number of anilines is 1. The van der Waals surface area contributed by atoms with E-state index in [1.54, 1.807) is 12.1 Å². The van der Waals surface area contributed by atoms with Crippen LogP contribution in [0.4, 0.5) is 5.69 Å². The fourth-order valence-electron chi connectivity index (χ4n) is 4.98. The van der Waals surface area contributed by atoms with Gasteiger partial charge in [0.25, 0.3) is 11.8 Å². The molecule has 3 atom stereocenters. The van der Waals surface area contributed by atoms with E-state index in [1.165, 1.54) is 48.4 Å². The number of carboxylic acids is 1.